The van der Waals surface area contributed by atoms with Gasteiger partial charge in [-0.1, -0.05) is 0 Å². The highest BCUT2D eigenvalue weighted by Crippen LogP contribution is 2.25. The molecular weight excluding hydrogens is 214 g/mol. The van der Waals surface area contributed by atoms with Crippen LogP contribution in [-0.2, 0) is 6.42 Å². The van der Waals surface area contributed by atoms with Gasteiger partial charge in [0.1, 0.15) is 6.26 Å². The lowest BCUT2D eigenvalue weighted by Crippen LogP contribution is -2.30. The van der Waals surface area contributed by atoms with Crippen LogP contribution in [0.5, 0.6) is 0 Å². The summed E-state index contributed by atoms with van der Waals surface area (Å²) in [6.07, 6.45) is 6.42. The van der Waals surface area contributed by atoms with E-state index < -0.39 is 0 Å². The Labute approximate surface area is 103 Å². The lowest BCUT2D eigenvalue weighted by Gasteiger charge is -2.27. The molecule has 0 aliphatic carbocycles. The third kappa shape index (κ3) is 3.54. The fourth-order valence-corrected chi connectivity index (χ4v) is 2.44. The van der Waals surface area contributed by atoms with Gasteiger partial charge in [0.2, 0.25) is 0 Å². The van der Waals surface area contributed by atoms with Crippen molar-refractivity contribution in [3.8, 4) is 0 Å². The van der Waals surface area contributed by atoms with Crippen molar-refractivity contribution in [3.63, 3.8) is 0 Å². The second-order valence-corrected chi connectivity index (χ2v) is 4.99. The first-order chi connectivity index (χ1) is 8.29. The van der Waals surface area contributed by atoms with Gasteiger partial charge in [0.05, 0.1) is 5.69 Å². The summed E-state index contributed by atoms with van der Waals surface area (Å²) in [6.45, 7) is 3.32. The molecule has 1 aromatic rings. The maximum Gasteiger partial charge on any atom is 0.198 e. The fourth-order valence-electron chi connectivity index (χ4n) is 2.44. The van der Waals surface area contributed by atoms with Gasteiger partial charge in [-0.2, -0.15) is 0 Å². The standard InChI is InChI=1S/C13H23N3O/c1-14-7-3-6-12-10-17-13(15-12)11-5-4-8-16(2)9-11/h10-11,14H,3-9H2,1-2H3. The van der Waals surface area contributed by atoms with Crippen molar-refractivity contribution in [2.75, 3.05) is 33.7 Å². The summed E-state index contributed by atoms with van der Waals surface area (Å²) in [6, 6.07) is 0. The fraction of sp³-hybridized carbons (Fsp3) is 0.769. The van der Waals surface area contributed by atoms with Crippen LogP contribution in [0.25, 0.3) is 0 Å². The molecule has 1 fully saturated rings. The van der Waals surface area contributed by atoms with E-state index in [0.29, 0.717) is 5.92 Å². The average molecular weight is 237 g/mol. The molecule has 0 radical (unpaired) electrons. The summed E-state index contributed by atoms with van der Waals surface area (Å²) in [5.74, 6) is 1.43. The Balaban J connectivity index is 1.88. The van der Waals surface area contributed by atoms with Gasteiger partial charge < -0.3 is 14.6 Å². The number of piperidine rings is 1. The van der Waals surface area contributed by atoms with Gasteiger partial charge in [0.25, 0.3) is 0 Å². The van der Waals surface area contributed by atoms with Crippen molar-refractivity contribution < 1.29 is 4.42 Å². The molecule has 1 aliphatic heterocycles. The largest absolute Gasteiger partial charge is 0.448 e. The normalized spacial score (nSPS) is 21.9. The zero-order valence-electron chi connectivity index (χ0n) is 10.9. The molecule has 2 rings (SSSR count). The van der Waals surface area contributed by atoms with Crippen molar-refractivity contribution in [2.45, 2.75) is 31.6 Å². The molecule has 0 bridgehead atoms. The molecule has 1 atom stereocenters. The smallest absolute Gasteiger partial charge is 0.198 e. The van der Waals surface area contributed by atoms with E-state index >= 15 is 0 Å². The first-order valence-electron chi connectivity index (χ1n) is 6.57. The number of aromatic nitrogens is 1. The van der Waals surface area contributed by atoms with Gasteiger partial charge in [-0.3, -0.25) is 0 Å². The van der Waals surface area contributed by atoms with Gasteiger partial charge in [-0.25, -0.2) is 4.98 Å². The zero-order valence-corrected chi connectivity index (χ0v) is 10.9. The Bertz CT molecular complexity index is 337. The molecule has 0 saturated carbocycles. The molecule has 1 N–H and O–H groups in total. The molecule has 17 heavy (non-hydrogen) atoms. The third-order valence-corrected chi connectivity index (χ3v) is 3.40. The molecule has 0 spiro atoms. The number of oxazole rings is 1. The summed E-state index contributed by atoms with van der Waals surface area (Å²) in [7, 11) is 4.15. The maximum atomic E-state index is 5.62. The Hall–Kier alpha value is -0.870. The van der Waals surface area contributed by atoms with Crippen LogP contribution in [0.2, 0.25) is 0 Å². The Kier molecular flexibility index (Phi) is 4.57. The van der Waals surface area contributed by atoms with Gasteiger partial charge in [-0.05, 0) is 52.9 Å². The molecule has 0 aromatic carbocycles. The van der Waals surface area contributed by atoms with E-state index in [9.17, 15) is 0 Å². The van der Waals surface area contributed by atoms with E-state index in [1.165, 1.54) is 19.4 Å². The molecule has 2 heterocycles. The highest BCUT2D eigenvalue weighted by atomic mass is 16.3. The van der Waals surface area contributed by atoms with Crippen molar-refractivity contribution in [3.05, 3.63) is 17.8 Å². The number of aryl methyl sites for hydroxylation is 1. The molecule has 4 heteroatoms. The minimum absolute atomic E-state index is 0.492. The molecule has 96 valence electrons. The van der Waals surface area contributed by atoms with Crippen LogP contribution in [0.1, 0.15) is 36.8 Å². The third-order valence-electron chi connectivity index (χ3n) is 3.40. The van der Waals surface area contributed by atoms with Crippen molar-refractivity contribution in [1.82, 2.24) is 15.2 Å². The lowest BCUT2D eigenvalue weighted by atomic mass is 9.98. The maximum absolute atomic E-state index is 5.62. The van der Waals surface area contributed by atoms with Gasteiger partial charge in [0, 0.05) is 12.5 Å². The molecule has 1 aromatic heterocycles. The van der Waals surface area contributed by atoms with E-state index in [1.54, 1.807) is 0 Å². The van der Waals surface area contributed by atoms with E-state index in [2.05, 4.69) is 22.2 Å². The van der Waals surface area contributed by atoms with Crippen molar-refractivity contribution in [2.24, 2.45) is 0 Å². The lowest BCUT2D eigenvalue weighted by molar-refractivity contribution is 0.230. The summed E-state index contributed by atoms with van der Waals surface area (Å²) in [5.41, 5.74) is 1.10. The number of likely N-dealkylation sites (N-methyl/N-ethyl adjacent to an activating group) is 1. The number of nitrogens with zero attached hydrogens (tertiary/aromatic N) is 2. The summed E-state index contributed by atoms with van der Waals surface area (Å²) >= 11 is 0. The molecule has 1 unspecified atom stereocenters. The predicted octanol–water partition coefficient (Wildman–Crippen LogP) is 1.64. The van der Waals surface area contributed by atoms with E-state index in [-0.39, 0.29) is 0 Å². The number of hydrogen-bond donors (Lipinski definition) is 1. The monoisotopic (exact) mass is 237 g/mol. The van der Waals surface area contributed by atoms with Gasteiger partial charge >= 0.3 is 0 Å². The van der Waals surface area contributed by atoms with Crippen molar-refractivity contribution in [1.29, 1.82) is 0 Å². The Morgan fingerprint density at radius 2 is 2.47 bits per heavy atom. The number of nitrogens with one attached hydrogen (secondary N) is 1. The highest BCUT2D eigenvalue weighted by molar-refractivity contribution is 5.02. The summed E-state index contributed by atoms with van der Waals surface area (Å²) in [5, 5.41) is 3.15. The Morgan fingerprint density at radius 3 is 3.24 bits per heavy atom. The highest BCUT2D eigenvalue weighted by Gasteiger charge is 2.22. The quantitative estimate of drug-likeness (QED) is 0.790. The molecule has 1 saturated heterocycles. The molecule has 4 nitrogen and oxygen atoms in total. The van der Waals surface area contributed by atoms with Crippen LogP contribution in [-0.4, -0.2) is 43.6 Å². The SMILES string of the molecule is CNCCCc1coc(C2CCCN(C)C2)n1. The number of rotatable bonds is 5. The number of likely N-dealkylation sites (tertiary alicyclic amines) is 1. The van der Waals surface area contributed by atoms with Crippen molar-refractivity contribution >= 4 is 0 Å². The molecule has 1 aliphatic rings. The second-order valence-electron chi connectivity index (χ2n) is 4.99. The van der Waals surface area contributed by atoms with E-state index in [1.807, 2.05) is 13.3 Å². The molecular formula is C13H23N3O. The average Bonchev–Trinajstić information content (AvgIpc) is 2.78. The second kappa shape index (κ2) is 6.17. The van der Waals surface area contributed by atoms with Crippen LogP contribution in [0.15, 0.2) is 10.7 Å². The minimum Gasteiger partial charge on any atom is -0.448 e. The summed E-state index contributed by atoms with van der Waals surface area (Å²) < 4.78 is 5.62. The van der Waals surface area contributed by atoms with Crippen LogP contribution in [0.4, 0.5) is 0 Å². The molecule has 0 amide bonds. The first kappa shape index (κ1) is 12.6. The topological polar surface area (TPSA) is 41.3 Å². The number of hydrogen-bond acceptors (Lipinski definition) is 4. The minimum atomic E-state index is 0.492. The van der Waals surface area contributed by atoms with Crippen LogP contribution >= 0.6 is 0 Å². The predicted molar refractivity (Wildman–Crippen MR) is 68.2 cm³/mol. The van der Waals surface area contributed by atoms with Gasteiger partial charge in [-0.15, -0.1) is 0 Å². The summed E-state index contributed by atoms with van der Waals surface area (Å²) in [4.78, 5) is 6.98. The first-order valence-corrected chi connectivity index (χ1v) is 6.57. The van der Waals surface area contributed by atoms with Crippen LogP contribution in [0, 0.1) is 0 Å². The zero-order chi connectivity index (χ0) is 12.1. The Morgan fingerprint density at radius 1 is 1.59 bits per heavy atom. The van der Waals surface area contributed by atoms with E-state index in [4.69, 9.17) is 4.42 Å². The van der Waals surface area contributed by atoms with Gasteiger partial charge in [0.15, 0.2) is 5.89 Å². The van der Waals surface area contributed by atoms with Crippen LogP contribution in [0.3, 0.4) is 0 Å². The van der Waals surface area contributed by atoms with E-state index in [0.717, 1.165) is 37.5 Å². The van der Waals surface area contributed by atoms with Crippen LogP contribution < -0.4 is 5.32 Å².